The van der Waals surface area contributed by atoms with E-state index >= 15 is 0 Å². The number of hydrogen-bond acceptors (Lipinski definition) is 6. The molecule has 0 radical (unpaired) electrons. The van der Waals surface area contributed by atoms with Gasteiger partial charge in [-0.25, -0.2) is 0 Å². The van der Waals surface area contributed by atoms with Gasteiger partial charge in [-0.15, -0.1) is 6.58 Å². The van der Waals surface area contributed by atoms with E-state index in [-0.39, 0.29) is 49.5 Å². The lowest BCUT2D eigenvalue weighted by molar-refractivity contribution is -0.157. The Bertz CT molecular complexity index is 882. The molecule has 1 amide bonds. The van der Waals surface area contributed by atoms with Gasteiger partial charge in [-0.05, 0) is 48.9 Å². The number of ketones is 1. The molecule has 8 nitrogen and oxygen atoms in total. The minimum Gasteiger partial charge on any atom is -0.481 e. The molecule has 0 aromatic heterocycles. The summed E-state index contributed by atoms with van der Waals surface area (Å²) in [6, 6.07) is -0.896. The van der Waals surface area contributed by atoms with E-state index in [0.29, 0.717) is 18.3 Å². The van der Waals surface area contributed by atoms with Crippen LogP contribution in [-0.4, -0.2) is 63.5 Å². The topological polar surface area (TPSA) is 121 Å². The highest BCUT2D eigenvalue weighted by Crippen LogP contribution is 2.56. The Hall–Kier alpha value is -2.22. The smallest absolute Gasteiger partial charge is 0.310 e. The van der Waals surface area contributed by atoms with Crippen LogP contribution in [0.15, 0.2) is 12.7 Å². The fourth-order valence-corrected chi connectivity index (χ4v) is 6.08. The van der Waals surface area contributed by atoms with Gasteiger partial charge in [0.2, 0.25) is 5.91 Å². The molecule has 3 saturated carbocycles. The largest absolute Gasteiger partial charge is 0.481 e. The van der Waals surface area contributed by atoms with Crippen LogP contribution < -0.4 is 0 Å². The van der Waals surface area contributed by atoms with Crippen LogP contribution in [-0.2, 0) is 23.9 Å². The van der Waals surface area contributed by atoms with Crippen LogP contribution in [0.4, 0.5) is 0 Å². The van der Waals surface area contributed by atoms with Gasteiger partial charge in [-0.3, -0.25) is 19.2 Å². The number of amides is 1. The summed E-state index contributed by atoms with van der Waals surface area (Å²) in [5.74, 6) is -1.81. The predicted octanol–water partition coefficient (Wildman–Crippen LogP) is 2.58. The minimum atomic E-state index is -1.17. The van der Waals surface area contributed by atoms with E-state index in [4.69, 9.17) is 4.74 Å². The Labute approximate surface area is 200 Å². The number of esters is 1. The van der Waals surface area contributed by atoms with Crippen molar-refractivity contribution in [3.8, 4) is 0 Å². The number of carbonyl (C=O) groups is 4. The van der Waals surface area contributed by atoms with Crippen LogP contribution in [0.2, 0.25) is 0 Å². The highest BCUT2D eigenvalue weighted by molar-refractivity contribution is 5.95. The average molecular weight is 476 g/mol. The van der Waals surface area contributed by atoms with Crippen molar-refractivity contribution < 1.29 is 34.1 Å². The molecule has 34 heavy (non-hydrogen) atoms. The molecule has 0 bridgehead atoms. The first-order valence-corrected chi connectivity index (χ1v) is 12.4. The highest BCUT2D eigenvalue weighted by Gasteiger charge is 2.61. The Balaban J connectivity index is 1.44. The van der Waals surface area contributed by atoms with Crippen molar-refractivity contribution in [2.45, 2.75) is 84.0 Å². The average Bonchev–Trinajstić information content (AvgIpc) is 3.56. The van der Waals surface area contributed by atoms with Gasteiger partial charge >= 0.3 is 11.9 Å². The van der Waals surface area contributed by atoms with Crippen LogP contribution >= 0.6 is 0 Å². The van der Waals surface area contributed by atoms with Crippen molar-refractivity contribution in [1.29, 1.82) is 0 Å². The second-order valence-electron chi connectivity index (χ2n) is 12.0. The number of allylic oxidation sites excluding steroid dienone is 1. The maximum Gasteiger partial charge on any atom is 0.310 e. The van der Waals surface area contributed by atoms with Crippen molar-refractivity contribution in [3.63, 3.8) is 0 Å². The van der Waals surface area contributed by atoms with E-state index in [2.05, 4.69) is 6.58 Å². The summed E-state index contributed by atoms with van der Waals surface area (Å²) in [5.41, 5.74) is -1.74. The quantitative estimate of drug-likeness (QED) is 0.388. The Morgan fingerprint density at radius 2 is 1.79 bits per heavy atom. The van der Waals surface area contributed by atoms with Gasteiger partial charge in [0.1, 0.15) is 6.10 Å². The lowest BCUT2D eigenvalue weighted by Crippen LogP contribution is -2.48. The van der Waals surface area contributed by atoms with Crippen molar-refractivity contribution in [2.75, 3.05) is 6.54 Å². The van der Waals surface area contributed by atoms with E-state index in [9.17, 15) is 29.4 Å². The molecule has 8 atom stereocenters. The van der Waals surface area contributed by atoms with Crippen molar-refractivity contribution in [2.24, 2.45) is 34.5 Å². The number of β-amino-alcohol motifs (C(OH)–C–C–N with tert-alkyl or cyclic N) is 1. The second kappa shape index (κ2) is 8.77. The maximum atomic E-state index is 13.6. The van der Waals surface area contributed by atoms with Gasteiger partial charge < -0.3 is 19.8 Å². The zero-order chi connectivity index (χ0) is 25.0. The number of ether oxygens (including phenoxy) is 1. The number of Topliss-reactive ketones (excluding diaryl/α,β-unsaturated/α-hetero) is 1. The molecular weight excluding hydrogens is 438 g/mol. The number of rotatable bonds is 9. The molecule has 8 heteroatoms. The lowest BCUT2D eigenvalue weighted by Gasteiger charge is -2.35. The van der Waals surface area contributed by atoms with E-state index < -0.39 is 40.8 Å². The third kappa shape index (κ3) is 4.79. The Morgan fingerprint density at radius 3 is 2.32 bits per heavy atom. The molecule has 4 rings (SSSR count). The first-order chi connectivity index (χ1) is 15.9. The van der Waals surface area contributed by atoms with Crippen molar-refractivity contribution in [3.05, 3.63) is 12.7 Å². The SMILES string of the molecule is C=C[C@@H]1C[C@]1(CC(=O)[C@@H]1CC(O)CN1C(=O)[C@@H](CC(=O)OC1CC2C[C@H]2C1)C(C)(C)C)C(=O)O. The van der Waals surface area contributed by atoms with Gasteiger partial charge in [0.25, 0.3) is 0 Å². The summed E-state index contributed by atoms with van der Waals surface area (Å²) in [5, 5.41) is 20.0. The molecule has 3 unspecified atom stereocenters. The number of carboxylic acids is 1. The number of carboxylic acid groups (broad SMARTS) is 1. The van der Waals surface area contributed by atoms with Crippen molar-refractivity contribution in [1.82, 2.24) is 4.90 Å². The molecule has 3 aliphatic carbocycles. The zero-order valence-electron chi connectivity index (χ0n) is 20.4. The van der Waals surface area contributed by atoms with E-state index in [0.717, 1.165) is 12.8 Å². The number of aliphatic carboxylic acids is 1. The summed E-state index contributed by atoms with van der Waals surface area (Å²) in [6.07, 6.45) is 3.78. The van der Waals surface area contributed by atoms with Gasteiger partial charge in [-0.1, -0.05) is 26.8 Å². The predicted molar refractivity (Wildman–Crippen MR) is 122 cm³/mol. The fourth-order valence-electron chi connectivity index (χ4n) is 6.08. The Kier molecular flexibility index (Phi) is 6.42. The van der Waals surface area contributed by atoms with Crippen LogP contribution in [0.1, 0.15) is 65.7 Å². The van der Waals surface area contributed by atoms with Gasteiger partial charge in [0.15, 0.2) is 5.78 Å². The number of hydrogen-bond donors (Lipinski definition) is 2. The fraction of sp³-hybridized carbons (Fsp3) is 0.769. The molecule has 0 spiro atoms. The Morgan fingerprint density at radius 1 is 1.15 bits per heavy atom. The standard InChI is InChI=1S/C26H37NO7/c1-5-16-11-26(16,24(32)33)12-21(29)20-9-17(28)13-27(20)23(31)19(25(2,3)4)10-22(30)34-18-7-14-6-15(14)8-18/h5,14-20,28H,1,6-13H2,2-4H3,(H,32,33)/t14-,15?,16+,17?,18?,19+,20-,26+/m0/s1. The lowest BCUT2D eigenvalue weighted by atomic mass is 9.77. The van der Waals surface area contributed by atoms with Crippen LogP contribution in [0, 0.1) is 34.5 Å². The molecule has 4 fully saturated rings. The monoisotopic (exact) mass is 475 g/mol. The maximum absolute atomic E-state index is 13.6. The van der Waals surface area contributed by atoms with Gasteiger partial charge in [0.05, 0.1) is 29.9 Å². The molecule has 1 aliphatic heterocycles. The van der Waals surface area contributed by atoms with Crippen molar-refractivity contribution >= 4 is 23.6 Å². The molecule has 4 aliphatic rings. The molecule has 0 aromatic rings. The molecular formula is C26H37NO7. The summed E-state index contributed by atoms with van der Waals surface area (Å²) in [6.45, 7) is 9.26. The van der Waals surface area contributed by atoms with Gasteiger partial charge in [0, 0.05) is 19.4 Å². The number of nitrogens with zero attached hydrogens (tertiary/aromatic N) is 1. The van der Waals surface area contributed by atoms with Gasteiger partial charge in [-0.2, -0.15) is 0 Å². The van der Waals surface area contributed by atoms with E-state index in [1.807, 2.05) is 20.8 Å². The molecule has 188 valence electrons. The third-order valence-electron chi connectivity index (χ3n) is 8.48. The van der Waals surface area contributed by atoms with E-state index in [1.54, 1.807) is 6.08 Å². The molecule has 2 N–H and O–H groups in total. The minimum absolute atomic E-state index is 0.00614. The van der Waals surface area contributed by atoms with Crippen LogP contribution in [0.25, 0.3) is 0 Å². The van der Waals surface area contributed by atoms with Crippen LogP contribution in [0.3, 0.4) is 0 Å². The number of carbonyl (C=O) groups excluding carboxylic acids is 3. The first-order valence-electron chi connectivity index (χ1n) is 12.4. The second-order valence-corrected chi connectivity index (χ2v) is 12.0. The zero-order valence-corrected chi connectivity index (χ0v) is 20.4. The number of likely N-dealkylation sites (tertiary alicyclic amines) is 1. The summed E-state index contributed by atoms with van der Waals surface area (Å²) in [4.78, 5) is 52.8. The van der Waals surface area contributed by atoms with E-state index in [1.165, 1.54) is 11.3 Å². The van der Waals surface area contributed by atoms with Crippen LogP contribution in [0.5, 0.6) is 0 Å². The third-order valence-corrected chi connectivity index (χ3v) is 8.48. The first kappa shape index (κ1) is 24.9. The summed E-state index contributed by atoms with van der Waals surface area (Å²) >= 11 is 0. The highest BCUT2D eigenvalue weighted by atomic mass is 16.5. The molecule has 0 aromatic carbocycles. The number of aliphatic hydroxyl groups excluding tert-OH is 1. The molecule has 1 saturated heterocycles. The number of aliphatic hydroxyl groups is 1. The molecule has 1 heterocycles. The number of fused-ring (bicyclic) bond motifs is 1. The summed E-state index contributed by atoms with van der Waals surface area (Å²) in [7, 11) is 0. The summed E-state index contributed by atoms with van der Waals surface area (Å²) < 4.78 is 5.67. The normalized spacial score (nSPS) is 37.0.